The van der Waals surface area contributed by atoms with Crippen LogP contribution < -0.4 is 0 Å². The summed E-state index contributed by atoms with van der Waals surface area (Å²) in [5.41, 5.74) is 6.07. The second kappa shape index (κ2) is 15.3. The Balaban J connectivity index is 0.000000176. The van der Waals surface area contributed by atoms with Gasteiger partial charge in [-0.25, -0.2) is 9.78 Å². The summed E-state index contributed by atoms with van der Waals surface area (Å²) in [6, 6.07) is 18.8. The van der Waals surface area contributed by atoms with Crippen LogP contribution in [0.15, 0.2) is 60.7 Å². The highest BCUT2D eigenvalue weighted by molar-refractivity contribution is 6.31. The predicted octanol–water partition coefficient (Wildman–Crippen LogP) is 6.04. The van der Waals surface area contributed by atoms with E-state index in [1.807, 2.05) is 42.8 Å². The molecule has 3 heterocycles. The van der Waals surface area contributed by atoms with Crippen LogP contribution in [0.3, 0.4) is 0 Å². The Labute approximate surface area is 258 Å². The highest BCUT2D eigenvalue weighted by atomic mass is 35.5. The molecule has 0 bridgehead atoms. The number of aromatic carboxylic acids is 1. The summed E-state index contributed by atoms with van der Waals surface area (Å²) < 4.78 is 6.72. The minimum atomic E-state index is -0.904. The molecular weight excluding hydrogens is 564 g/mol. The van der Waals surface area contributed by atoms with Crippen molar-refractivity contribution in [1.29, 1.82) is 0 Å². The van der Waals surface area contributed by atoms with Crippen molar-refractivity contribution in [2.45, 2.75) is 32.7 Å². The first-order valence-corrected chi connectivity index (χ1v) is 15.0. The summed E-state index contributed by atoms with van der Waals surface area (Å²) in [6.45, 7) is 11.2. The molecule has 228 valence electrons. The maximum atomic E-state index is 11.1. The van der Waals surface area contributed by atoms with E-state index in [4.69, 9.17) is 21.4 Å². The van der Waals surface area contributed by atoms with E-state index in [9.17, 15) is 9.59 Å². The fraction of sp³-hybridized carbons (Fsp3) is 0.382. The number of carboxylic acids is 1. The zero-order valence-corrected chi connectivity index (χ0v) is 26.2. The van der Waals surface area contributed by atoms with Crippen molar-refractivity contribution in [3.05, 3.63) is 99.3 Å². The summed E-state index contributed by atoms with van der Waals surface area (Å²) in [5, 5.41) is 9.86. The molecule has 2 fully saturated rings. The number of carboxylic acid groups (broad SMARTS) is 1. The van der Waals surface area contributed by atoms with Gasteiger partial charge in [0.1, 0.15) is 12.1 Å². The molecule has 0 amide bonds. The molecule has 1 N–H and O–H groups in total. The van der Waals surface area contributed by atoms with Crippen LogP contribution in [0.5, 0.6) is 0 Å². The van der Waals surface area contributed by atoms with Crippen LogP contribution in [-0.2, 0) is 18.3 Å². The highest BCUT2D eigenvalue weighted by Gasteiger charge is 2.18. The molecule has 0 saturated carbocycles. The molecule has 1 aromatic heterocycles. The number of hydrogen-bond acceptors (Lipinski definition) is 6. The molecule has 8 nitrogen and oxygen atoms in total. The summed E-state index contributed by atoms with van der Waals surface area (Å²) in [7, 11) is 4.09. The molecule has 0 spiro atoms. The van der Waals surface area contributed by atoms with E-state index in [2.05, 4.69) is 40.9 Å². The largest absolute Gasteiger partial charge is 0.478 e. The lowest BCUT2D eigenvalue weighted by molar-refractivity contribution is 0.0367. The molecule has 2 aliphatic heterocycles. The predicted molar refractivity (Wildman–Crippen MR) is 171 cm³/mol. The molecule has 3 aromatic carbocycles. The molecule has 0 radical (unpaired) electrons. The lowest BCUT2D eigenvalue weighted by Crippen LogP contribution is -2.44. The number of nitrogens with zero attached hydrogens (tertiary/aromatic N) is 4. The summed E-state index contributed by atoms with van der Waals surface area (Å²) in [6.07, 6.45) is 2.15. The van der Waals surface area contributed by atoms with Crippen molar-refractivity contribution in [1.82, 2.24) is 19.4 Å². The number of aromatic nitrogens is 2. The number of rotatable bonds is 6. The number of hydrogen-bond donors (Lipinski definition) is 1. The van der Waals surface area contributed by atoms with Gasteiger partial charge in [0.15, 0.2) is 0 Å². The van der Waals surface area contributed by atoms with Crippen LogP contribution in [0.2, 0.25) is 5.02 Å². The van der Waals surface area contributed by atoms with Crippen LogP contribution in [-0.4, -0.2) is 83.2 Å². The van der Waals surface area contributed by atoms with Crippen LogP contribution in [0.4, 0.5) is 0 Å². The number of aryl methyl sites for hydroxylation is 2. The number of carbonyl (C=O) groups excluding carboxylic acids is 1. The summed E-state index contributed by atoms with van der Waals surface area (Å²) >= 11 is 6.28. The Morgan fingerprint density at radius 3 is 2.35 bits per heavy atom. The summed E-state index contributed by atoms with van der Waals surface area (Å²) in [4.78, 5) is 31.2. The fourth-order valence-corrected chi connectivity index (χ4v) is 5.33. The van der Waals surface area contributed by atoms with Gasteiger partial charge in [0, 0.05) is 62.9 Å². The maximum Gasteiger partial charge on any atom is 0.335 e. The molecule has 4 aromatic rings. The van der Waals surface area contributed by atoms with Crippen molar-refractivity contribution in [2.75, 3.05) is 46.4 Å². The third-order valence-corrected chi connectivity index (χ3v) is 8.26. The average molecular weight is 605 g/mol. The van der Waals surface area contributed by atoms with Crippen LogP contribution >= 0.6 is 11.6 Å². The average Bonchev–Trinajstić information content (AvgIpc) is 3.27. The minimum Gasteiger partial charge on any atom is -0.478 e. The molecule has 2 saturated heterocycles. The fourth-order valence-electron chi connectivity index (χ4n) is 4.93. The third-order valence-electron chi connectivity index (χ3n) is 7.93. The lowest BCUT2D eigenvalue weighted by Gasteiger charge is -2.31. The number of imidazole rings is 1. The van der Waals surface area contributed by atoms with Crippen molar-refractivity contribution in [3.63, 3.8) is 0 Å². The van der Waals surface area contributed by atoms with E-state index in [0.717, 1.165) is 90.8 Å². The number of ether oxygens (including phenoxy) is 1. The van der Waals surface area contributed by atoms with Crippen molar-refractivity contribution in [2.24, 2.45) is 7.05 Å². The third kappa shape index (κ3) is 8.74. The number of halogens is 1. The molecule has 43 heavy (non-hydrogen) atoms. The van der Waals surface area contributed by atoms with Crippen molar-refractivity contribution in [3.8, 4) is 0 Å². The molecule has 9 heteroatoms. The van der Waals surface area contributed by atoms with E-state index in [-0.39, 0.29) is 5.92 Å². The van der Waals surface area contributed by atoms with Crippen molar-refractivity contribution >= 4 is 34.9 Å². The SMILES string of the molecule is C1COC1.CN1CCN(Cc2nc3ccc(C(=O)O)cc3n2C)CC1.Cc1ccc(C(C)c2cccc(C=O)c2)c(Cl)c1. The number of piperazine rings is 1. The lowest BCUT2D eigenvalue weighted by atomic mass is 9.91. The Bertz CT molecular complexity index is 1540. The number of carbonyl (C=O) groups is 2. The molecule has 6 rings (SSSR count). The van der Waals surface area contributed by atoms with Gasteiger partial charge in [-0.05, 0) is 67.4 Å². The second-order valence-corrected chi connectivity index (χ2v) is 11.6. The Morgan fingerprint density at radius 2 is 1.74 bits per heavy atom. The molecular formula is C34H41ClN4O4. The normalized spacial score (nSPS) is 15.8. The van der Waals surface area contributed by atoms with Crippen molar-refractivity contribution < 1.29 is 19.4 Å². The molecule has 0 aliphatic carbocycles. The Hall–Kier alpha value is -3.56. The quantitative estimate of drug-likeness (QED) is 0.269. The van der Waals surface area contributed by atoms with Crippen LogP contribution in [0.25, 0.3) is 11.0 Å². The number of aldehydes is 1. The number of likely N-dealkylation sites (N-methyl/N-ethyl adjacent to an activating group) is 1. The van der Waals surface area contributed by atoms with Gasteiger partial charge in [-0.15, -0.1) is 0 Å². The molecule has 1 unspecified atom stereocenters. The van der Waals surface area contributed by atoms with Gasteiger partial charge in [-0.1, -0.05) is 48.9 Å². The maximum absolute atomic E-state index is 11.1. The first kappa shape index (κ1) is 32.4. The minimum absolute atomic E-state index is 0.179. The van der Waals surface area contributed by atoms with Crippen LogP contribution in [0.1, 0.15) is 62.5 Å². The first-order valence-electron chi connectivity index (χ1n) is 14.6. The monoisotopic (exact) mass is 604 g/mol. The smallest absolute Gasteiger partial charge is 0.335 e. The molecule has 1 atom stereocenters. The van der Waals surface area contributed by atoms with E-state index in [1.165, 1.54) is 6.42 Å². The van der Waals surface area contributed by atoms with Gasteiger partial charge in [-0.3, -0.25) is 9.69 Å². The van der Waals surface area contributed by atoms with Crippen LogP contribution in [0, 0.1) is 6.92 Å². The number of benzene rings is 3. The van der Waals surface area contributed by atoms with E-state index in [1.54, 1.807) is 24.3 Å². The Morgan fingerprint density at radius 1 is 1.05 bits per heavy atom. The zero-order chi connectivity index (χ0) is 30.9. The first-order chi connectivity index (χ1) is 20.7. The van der Waals surface area contributed by atoms with Gasteiger partial charge in [0.2, 0.25) is 0 Å². The van der Waals surface area contributed by atoms with Gasteiger partial charge in [-0.2, -0.15) is 0 Å². The van der Waals surface area contributed by atoms with E-state index >= 15 is 0 Å². The van der Waals surface area contributed by atoms with Gasteiger partial charge in [0.05, 0.1) is 23.1 Å². The number of fused-ring (bicyclic) bond motifs is 1. The van der Waals surface area contributed by atoms with Gasteiger partial charge < -0.3 is 19.3 Å². The Kier molecular flexibility index (Phi) is 11.5. The second-order valence-electron chi connectivity index (χ2n) is 11.2. The standard InChI is InChI=1S/C16H15ClO.C15H20N4O2.C3H6O/c1-11-6-7-15(16(17)8-11)12(2)14-5-3-4-13(9-14)10-18;1-17-5-7-19(8-6-17)10-14-16-12-4-3-11(15(20)21)9-13(12)18(14)2;1-2-4-3-1/h3-10,12H,1-2H3;3-4,9H,5-8,10H2,1-2H3,(H,20,21);1-3H2. The van der Waals surface area contributed by atoms with Gasteiger partial charge >= 0.3 is 5.97 Å². The molecule has 2 aliphatic rings. The zero-order valence-electron chi connectivity index (χ0n) is 25.4. The summed E-state index contributed by atoms with van der Waals surface area (Å²) in [5.74, 6) is 0.258. The van der Waals surface area contributed by atoms with Gasteiger partial charge in [0.25, 0.3) is 0 Å². The van der Waals surface area contributed by atoms with E-state index in [0.29, 0.717) is 11.1 Å². The topological polar surface area (TPSA) is 87.9 Å². The highest BCUT2D eigenvalue weighted by Crippen LogP contribution is 2.30. The van der Waals surface area contributed by atoms with E-state index < -0.39 is 5.97 Å².